The number of non-ortho nitro benzene ring substituents is 1. The summed E-state index contributed by atoms with van der Waals surface area (Å²) in [6.07, 6.45) is 2.86. The fourth-order valence-electron chi connectivity index (χ4n) is 4.61. The first-order valence-electron chi connectivity index (χ1n) is 11.9. The zero-order valence-corrected chi connectivity index (χ0v) is 24.1. The number of hydrogen-bond acceptors (Lipinski definition) is 7. The summed E-state index contributed by atoms with van der Waals surface area (Å²) in [7, 11) is -4.17. The van der Waals surface area contributed by atoms with Gasteiger partial charge in [0.2, 0.25) is 0 Å². The van der Waals surface area contributed by atoms with Crippen LogP contribution in [0.4, 0.5) is 11.5 Å². The van der Waals surface area contributed by atoms with E-state index < -0.39 is 15.0 Å². The molecule has 2 aromatic carbocycles. The number of hydrogen-bond donors (Lipinski definition) is 1. The summed E-state index contributed by atoms with van der Waals surface area (Å²) in [6.45, 7) is 10.9. The van der Waals surface area contributed by atoms with Crippen LogP contribution < -0.4 is 9.50 Å². The van der Waals surface area contributed by atoms with Crippen molar-refractivity contribution in [1.82, 2.24) is 9.38 Å². The molecule has 4 aromatic rings. The minimum atomic E-state index is -4.17. The molecule has 0 radical (unpaired) electrons. The van der Waals surface area contributed by atoms with Crippen LogP contribution in [0.5, 0.6) is 5.75 Å². The first-order valence-corrected chi connectivity index (χ1v) is 14.1. The van der Waals surface area contributed by atoms with Crippen LogP contribution in [-0.2, 0) is 10.1 Å². The molecule has 0 aliphatic carbocycles. The van der Waals surface area contributed by atoms with Gasteiger partial charge in [0.05, 0.1) is 4.92 Å². The van der Waals surface area contributed by atoms with Gasteiger partial charge >= 0.3 is 10.1 Å². The Balaban J connectivity index is 1.66. The Morgan fingerprint density at radius 1 is 1.00 bits per heavy atom. The van der Waals surface area contributed by atoms with Crippen molar-refractivity contribution in [3.63, 3.8) is 0 Å². The smallest absolute Gasteiger partial charge is 0.339 e. The van der Waals surface area contributed by atoms with Gasteiger partial charge in [-0.05, 0) is 90.1 Å². The van der Waals surface area contributed by atoms with E-state index in [0.29, 0.717) is 0 Å². The van der Waals surface area contributed by atoms with Crippen LogP contribution >= 0.6 is 15.9 Å². The van der Waals surface area contributed by atoms with E-state index in [1.807, 2.05) is 22.7 Å². The minimum Gasteiger partial charge on any atom is -0.379 e. The lowest BCUT2D eigenvalue weighted by molar-refractivity contribution is -0.384. The lowest BCUT2D eigenvalue weighted by Gasteiger charge is -2.34. The second-order valence-corrected chi connectivity index (χ2v) is 13.4. The van der Waals surface area contributed by atoms with Crippen molar-refractivity contribution in [3.8, 4) is 17.0 Å². The molecule has 0 bridgehead atoms. The molecule has 0 unspecified atom stereocenters. The number of benzene rings is 2. The van der Waals surface area contributed by atoms with Crippen molar-refractivity contribution in [2.75, 3.05) is 5.32 Å². The third-order valence-corrected chi connectivity index (χ3v) is 7.41. The van der Waals surface area contributed by atoms with E-state index in [1.165, 1.54) is 0 Å². The van der Waals surface area contributed by atoms with Crippen LogP contribution in [0.15, 0.2) is 76.2 Å². The standard InChI is InChI=1S/C27H29BrN4O5S/c1-26(2,3)17-27(4,5)30-25-24(29-23-15-8-19(28)16-31(23)25)18-6-11-21(12-7-18)37-38(35,36)22-13-9-20(10-14-22)32(33)34/h6-16,30H,17H2,1-5H3. The minimum absolute atomic E-state index is 0.103. The Labute approximate surface area is 230 Å². The molecular formula is C27H29BrN4O5S. The number of rotatable bonds is 8. The Bertz CT molecular complexity index is 1590. The molecule has 0 atom stereocenters. The highest BCUT2D eigenvalue weighted by atomic mass is 79.9. The number of aromatic nitrogens is 2. The molecule has 0 aliphatic heterocycles. The molecule has 0 amide bonds. The number of imidazole rings is 1. The molecule has 2 heterocycles. The van der Waals surface area contributed by atoms with Gasteiger partial charge < -0.3 is 9.50 Å². The monoisotopic (exact) mass is 600 g/mol. The lowest BCUT2D eigenvalue weighted by Crippen LogP contribution is -2.36. The third kappa shape index (κ3) is 6.33. The maximum atomic E-state index is 12.7. The van der Waals surface area contributed by atoms with Gasteiger partial charge in [-0.15, -0.1) is 0 Å². The highest BCUT2D eigenvalue weighted by Crippen LogP contribution is 2.36. The molecule has 4 rings (SSSR count). The second kappa shape index (κ2) is 10.0. The number of nitro groups is 1. The number of nitrogens with zero attached hydrogens (tertiary/aromatic N) is 3. The van der Waals surface area contributed by atoms with Crippen molar-refractivity contribution in [2.45, 2.75) is 51.5 Å². The number of halogens is 1. The summed E-state index contributed by atoms with van der Waals surface area (Å²) < 4.78 is 33.6. The molecule has 0 spiro atoms. The number of nitro benzene ring substituents is 1. The van der Waals surface area contributed by atoms with E-state index in [2.05, 4.69) is 55.9 Å². The maximum Gasteiger partial charge on any atom is 0.339 e. The normalized spacial score (nSPS) is 12.5. The molecule has 0 aliphatic rings. The first kappa shape index (κ1) is 27.6. The Morgan fingerprint density at radius 2 is 1.63 bits per heavy atom. The fourth-order valence-corrected chi connectivity index (χ4v) is 5.87. The van der Waals surface area contributed by atoms with Crippen molar-refractivity contribution in [3.05, 3.63) is 81.4 Å². The summed E-state index contributed by atoms with van der Waals surface area (Å²) in [5, 5.41) is 14.5. The van der Waals surface area contributed by atoms with Crippen molar-refractivity contribution >= 4 is 43.2 Å². The number of fused-ring (bicyclic) bond motifs is 1. The van der Waals surface area contributed by atoms with E-state index in [0.717, 1.165) is 57.9 Å². The van der Waals surface area contributed by atoms with Gasteiger partial charge in [-0.2, -0.15) is 8.42 Å². The van der Waals surface area contributed by atoms with Crippen LogP contribution in [-0.4, -0.2) is 28.3 Å². The molecule has 0 saturated heterocycles. The summed E-state index contributed by atoms with van der Waals surface area (Å²) in [6, 6.07) is 15.0. The molecule has 0 saturated carbocycles. The van der Waals surface area contributed by atoms with Crippen LogP contribution in [0, 0.1) is 15.5 Å². The average molecular weight is 602 g/mol. The average Bonchev–Trinajstić information content (AvgIpc) is 3.14. The number of nitrogens with one attached hydrogen (secondary N) is 1. The number of pyridine rings is 1. The Morgan fingerprint density at radius 3 is 2.21 bits per heavy atom. The maximum absolute atomic E-state index is 12.7. The van der Waals surface area contributed by atoms with Gasteiger partial charge in [0.1, 0.15) is 27.8 Å². The molecule has 2 aromatic heterocycles. The molecule has 11 heteroatoms. The van der Waals surface area contributed by atoms with Gasteiger partial charge in [-0.1, -0.05) is 20.8 Å². The first-order chi connectivity index (χ1) is 17.6. The largest absolute Gasteiger partial charge is 0.379 e. The molecular weight excluding hydrogens is 572 g/mol. The van der Waals surface area contributed by atoms with Crippen LogP contribution in [0.3, 0.4) is 0 Å². The van der Waals surface area contributed by atoms with E-state index >= 15 is 0 Å². The molecule has 1 N–H and O–H groups in total. The van der Waals surface area contributed by atoms with E-state index in [9.17, 15) is 18.5 Å². The summed E-state index contributed by atoms with van der Waals surface area (Å²) in [5.41, 5.74) is 1.91. The fraction of sp³-hybridized carbons (Fsp3) is 0.296. The molecule has 38 heavy (non-hydrogen) atoms. The Kier molecular flexibility index (Phi) is 7.28. The topological polar surface area (TPSA) is 116 Å². The van der Waals surface area contributed by atoms with Gasteiger partial charge in [-0.25, -0.2) is 4.98 Å². The van der Waals surface area contributed by atoms with Crippen molar-refractivity contribution in [2.24, 2.45) is 5.41 Å². The van der Waals surface area contributed by atoms with Gasteiger partial charge in [0.15, 0.2) is 0 Å². The second-order valence-electron chi connectivity index (χ2n) is 10.9. The van der Waals surface area contributed by atoms with Crippen LogP contribution in [0.1, 0.15) is 41.0 Å². The van der Waals surface area contributed by atoms with Crippen LogP contribution in [0.25, 0.3) is 16.9 Å². The highest BCUT2D eigenvalue weighted by Gasteiger charge is 2.28. The molecule has 0 fully saturated rings. The van der Waals surface area contributed by atoms with Gasteiger partial charge in [0, 0.05) is 33.9 Å². The number of anilines is 1. The SMILES string of the molecule is CC(C)(C)CC(C)(C)Nc1c(-c2ccc(OS(=O)(=O)c3ccc([N+](=O)[O-])cc3)cc2)nc2ccc(Br)cn12. The van der Waals surface area contributed by atoms with E-state index in [1.54, 1.807) is 24.3 Å². The van der Waals surface area contributed by atoms with Crippen LogP contribution in [0.2, 0.25) is 0 Å². The van der Waals surface area contributed by atoms with Crippen molar-refractivity contribution < 1.29 is 17.5 Å². The summed E-state index contributed by atoms with van der Waals surface area (Å²) in [4.78, 5) is 14.9. The molecule has 9 nitrogen and oxygen atoms in total. The van der Waals surface area contributed by atoms with Gasteiger partial charge in [-0.3, -0.25) is 14.5 Å². The van der Waals surface area contributed by atoms with E-state index in [4.69, 9.17) is 9.17 Å². The van der Waals surface area contributed by atoms with E-state index in [-0.39, 0.29) is 27.3 Å². The third-order valence-electron chi connectivity index (χ3n) is 5.68. The van der Waals surface area contributed by atoms with Gasteiger partial charge in [0.25, 0.3) is 5.69 Å². The summed E-state index contributed by atoms with van der Waals surface area (Å²) >= 11 is 3.55. The zero-order valence-electron chi connectivity index (χ0n) is 21.7. The Hall–Kier alpha value is -3.44. The predicted molar refractivity (Wildman–Crippen MR) is 151 cm³/mol. The quantitative estimate of drug-likeness (QED) is 0.131. The zero-order chi connectivity index (χ0) is 27.9. The highest BCUT2D eigenvalue weighted by molar-refractivity contribution is 9.10. The molecule has 200 valence electrons. The van der Waals surface area contributed by atoms with Crippen molar-refractivity contribution in [1.29, 1.82) is 0 Å². The summed E-state index contributed by atoms with van der Waals surface area (Å²) in [5.74, 6) is 0.934. The predicted octanol–water partition coefficient (Wildman–Crippen LogP) is 7.07. The lowest BCUT2D eigenvalue weighted by atomic mass is 9.82.